The highest BCUT2D eigenvalue weighted by Crippen LogP contribution is 2.41. The Labute approximate surface area is 217 Å². The molecule has 1 aromatic heterocycles. The molecule has 5 rings (SSSR count). The number of likely N-dealkylation sites (tertiary alicyclic amines) is 1. The van der Waals surface area contributed by atoms with Crippen LogP contribution in [0.15, 0.2) is 78.5 Å². The largest absolute Gasteiger partial charge is 0.507 e. The lowest BCUT2D eigenvalue weighted by molar-refractivity contribution is -0.139. The molecule has 36 heavy (non-hydrogen) atoms. The summed E-state index contributed by atoms with van der Waals surface area (Å²) in [6.45, 7) is 0.263. The summed E-state index contributed by atoms with van der Waals surface area (Å²) in [4.78, 5) is 31.2. The van der Waals surface area contributed by atoms with Crippen LogP contribution >= 0.6 is 23.2 Å². The fraction of sp³-hybridized carbons (Fsp3) is 0.143. The quantitative estimate of drug-likeness (QED) is 0.181. The number of ether oxygens (including phenoxy) is 1. The van der Waals surface area contributed by atoms with Gasteiger partial charge < -0.3 is 19.7 Å². The molecule has 1 amide bonds. The van der Waals surface area contributed by atoms with Crippen molar-refractivity contribution < 1.29 is 19.4 Å². The van der Waals surface area contributed by atoms with Gasteiger partial charge in [0, 0.05) is 34.2 Å². The van der Waals surface area contributed by atoms with E-state index < -0.39 is 17.7 Å². The van der Waals surface area contributed by atoms with Gasteiger partial charge >= 0.3 is 0 Å². The smallest absolute Gasteiger partial charge is 0.295 e. The molecule has 1 atom stereocenters. The maximum absolute atomic E-state index is 13.2. The van der Waals surface area contributed by atoms with Crippen LogP contribution in [0.5, 0.6) is 5.75 Å². The molecule has 0 unspecified atom stereocenters. The number of hydrogen-bond acceptors (Lipinski definition) is 4. The number of benzene rings is 3. The van der Waals surface area contributed by atoms with Crippen LogP contribution in [0, 0.1) is 0 Å². The zero-order chi connectivity index (χ0) is 25.4. The van der Waals surface area contributed by atoms with Gasteiger partial charge in [0.15, 0.2) is 0 Å². The van der Waals surface area contributed by atoms with Crippen molar-refractivity contribution in [1.29, 1.82) is 0 Å². The van der Waals surface area contributed by atoms with Crippen molar-refractivity contribution in [3.05, 3.63) is 105 Å². The Bertz CT molecular complexity index is 1510. The first-order valence-electron chi connectivity index (χ1n) is 11.3. The molecule has 0 radical (unpaired) electrons. The summed E-state index contributed by atoms with van der Waals surface area (Å²) in [5.41, 5.74) is 2.88. The molecule has 0 aliphatic carbocycles. The molecule has 1 saturated heterocycles. The standard InChI is InChI=1S/C28H22Cl2N2O4/c1-36-19-8-10-23-21(14-19)17(15-31-23)11-12-32-25(16-5-3-2-4-6-16)24(27(34)28(32)35)26(33)20-9-7-18(29)13-22(20)30/h2-10,13-15,25,31,33H,11-12H2,1H3/t25-/m1/s1. The lowest BCUT2D eigenvalue weighted by Crippen LogP contribution is -2.31. The Morgan fingerprint density at radius 3 is 2.56 bits per heavy atom. The number of aromatic nitrogens is 1. The SMILES string of the molecule is COc1ccc2[nH]cc(CCN3C(=O)C(=O)C(=C(O)c4ccc(Cl)cc4Cl)[C@H]3c3ccccc3)c2c1. The average molecular weight is 521 g/mol. The number of ketones is 1. The van der Waals surface area contributed by atoms with Crippen molar-refractivity contribution in [3.8, 4) is 5.75 Å². The highest BCUT2D eigenvalue weighted by atomic mass is 35.5. The van der Waals surface area contributed by atoms with Gasteiger partial charge in [-0.05, 0) is 53.9 Å². The Morgan fingerprint density at radius 2 is 1.83 bits per heavy atom. The van der Waals surface area contributed by atoms with Crippen molar-refractivity contribution in [1.82, 2.24) is 9.88 Å². The van der Waals surface area contributed by atoms with Crippen LogP contribution in [0.4, 0.5) is 0 Å². The fourth-order valence-corrected chi connectivity index (χ4v) is 5.15. The van der Waals surface area contributed by atoms with E-state index >= 15 is 0 Å². The third kappa shape index (κ3) is 4.23. The van der Waals surface area contributed by atoms with Crippen LogP contribution in [-0.4, -0.2) is 40.3 Å². The molecule has 0 bridgehead atoms. The van der Waals surface area contributed by atoms with E-state index in [1.54, 1.807) is 13.2 Å². The van der Waals surface area contributed by atoms with Gasteiger partial charge in [0.1, 0.15) is 11.5 Å². The lowest BCUT2D eigenvalue weighted by atomic mass is 9.95. The van der Waals surface area contributed by atoms with Crippen molar-refractivity contribution in [3.63, 3.8) is 0 Å². The van der Waals surface area contributed by atoms with Crippen LogP contribution in [0.2, 0.25) is 10.0 Å². The Hall–Kier alpha value is -3.74. The maximum Gasteiger partial charge on any atom is 0.295 e. The molecule has 1 fully saturated rings. The lowest BCUT2D eigenvalue weighted by Gasteiger charge is -2.25. The van der Waals surface area contributed by atoms with E-state index in [9.17, 15) is 14.7 Å². The number of methoxy groups -OCH3 is 1. The van der Waals surface area contributed by atoms with E-state index in [0.29, 0.717) is 17.0 Å². The second kappa shape index (κ2) is 9.72. The molecule has 8 heteroatoms. The predicted octanol–water partition coefficient (Wildman–Crippen LogP) is 6.15. The molecule has 0 saturated carbocycles. The van der Waals surface area contributed by atoms with Gasteiger partial charge in [-0.15, -0.1) is 0 Å². The van der Waals surface area contributed by atoms with Crippen LogP contribution in [0.3, 0.4) is 0 Å². The number of Topliss-reactive ketones (excluding diaryl/α,β-unsaturated/α-hetero) is 1. The third-order valence-corrected chi connectivity index (χ3v) is 6.99. The molecular weight excluding hydrogens is 499 g/mol. The summed E-state index contributed by atoms with van der Waals surface area (Å²) in [6.07, 6.45) is 2.39. The van der Waals surface area contributed by atoms with Gasteiger partial charge in [-0.2, -0.15) is 0 Å². The number of carbonyl (C=O) groups excluding carboxylic acids is 2. The minimum absolute atomic E-state index is 0.00369. The van der Waals surface area contributed by atoms with E-state index in [0.717, 1.165) is 22.2 Å². The van der Waals surface area contributed by atoms with E-state index in [-0.39, 0.29) is 28.5 Å². The monoisotopic (exact) mass is 520 g/mol. The topological polar surface area (TPSA) is 82.6 Å². The summed E-state index contributed by atoms with van der Waals surface area (Å²) in [6, 6.07) is 18.7. The van der Waals surface area contributed by atoms with Crippen molar-refractivity contribution in [2.24, 2.45) is 0 Å². The summed E-state index contributed by atoms with van der Waals surface area (Å²) < 4.78 is 5.35. The summed E-state index contributed by atoms with van der Waals surface area (Å²) in [5.74, 6) is -1.03. The molecule has 1 aliphatic heterocycles. The minimum Gasteiger partial charge on any atom is -0.507 e. The molecule has 3 aromatic carbocycles. The van der Waals surface area contributed by atoms with E-state index in [1.807, 2.05) is 54.7 Å². The summed E-state index contributed by atoms with van der Waals surface area (Å²) in [5, 5.41) is 12.8. The van der Waals surface area contributed by atoms with Crippen molar-refractivity contribution >= 4 is 51.6 Å². The molecule has 182 valence electrons. The zero-order valence-corrected chi connectivity index (χ0v) is 20.8. The number of rotatable bonds is 6. The third-order valence-electron chi connectivity index (χ3n) is 6.44. The van der Waals surface area contributed by atoms with Gasteiger partial charge in [0.2, 0.25) is 0 Å². The first kappa shape index (κ1) is 24.0. The normalized spacial score (nSPS) is 17.2. The Kier molecular flexibility index (Phi) is 6.48. The number of nitrogens with one attached hydrogen (secondary N) is 1. The zero-order valence-electron chi connectivity index (χ0n) is 19.3. The second-order valence-electron chi connectivity index (χ2n) is 8.50. The van der Waals surface area contributed by atoms with E-state index in [2.05, 4.69) is 4.98 Å². The number of nitrogens with zero attached hydrogens (tertiary/aromatic N) is 1. The van der Waals surface area contributed by atoms with E-state index in [4.69, 9.17) is 27.9 Å². The maximum atomic E-state index is 13.2. The molecule has 6 nitrogen and oxygen atoms in total. The van der Waals surface area contributed by atoms with Crippen molar-refractivity contribution in [2.45, 2.75) is 12.5 Å². The first-order valence-corrected chi connectivity index (χ1v) is 12.1. The molecule has 2 heterocycles. The molecular formula is C28H22Cl2N2O4. The van der Waals surface area contributed by atoms with Crippen LogP contribution < -0.4 is 4.74 Å². The van der Waals surface area contributed by atoms with Crippen LogP contribution in [0.1, 0.15) is 22.7 Å². The fourth-order valence-electron chi connectivity index (χ4n) is 4.65. The Balaban J connectivity index is 1.56. The highest BCUT2D eigenvalue weighted by Gasteiger charge is 2.46. The number of aliphatic hydroxyl groups is 1. The number of H-pyrrole nitrogens is 1. The average Bonchev–Trinajstić information content (AvgIpc) is 3.40. The Morgan fingerprint density at radius 1 is 1.06 bits per heavy atom. The number of aliphatic hydroxyl groups excluding tert-OH is 1. The number of carbonyl (C=O) groups is 2. The van der Waals surface area contributed by atoms with Gasteiger partial charge in [-0.25, -0.2) is 0 Å². The molecule has 0 spiro atoms. The number of halogens is 2. The van der Waals surface area contributed by atoms with Gasteiger partial charge in [-0.3, -0.25) is 9.59 Å². The van der Waals surface area contributed by atoms with Gasteiger partial charge in [-0.1, -0.05) is 53.5 Å². The van der Waals surface area contributed by atoms with Crippen LogP contribution in [0.25, 0.3) is 16.7 Å². The molecule has 4 aromatic rings. The van der Waals surface area contributed by atoms with Crippen molar-refractivity contribution in [2.75, 3.05) is 13.7 Å². The number of amides is 1. The van der Waals surface area contributed by atoms with Gasteiger partial charge in [0.25, 0.3) is 11.7 Å². The molecule has 1 aliphatic rings. The number of aromatic amines is 1. The van der Waals surface area contributed by atoms with E-state index in [1.165, 1.54) is 17.0 Å². The number of hydrogen-bond donors (Lipinski definition) is 2. The molecule has 2 N–H and O–H groups in total. The first-order chi connectivity index (χ1) is 17.4. The summed E-state index contributed by atoms with van der Waals surface area (Å²) in [7, 11) is 1.61. The second-order valence-corrected chi connectivity index (χ2v) is 9.35. The highest BCUT2D eigenvalue weighted by molar-refractivity contribution is 6.47. The number of fused-ring (bicyclic) bond motifs is 1. The van der Waals surface area contributed by atoms with Gasteiger partial charge in [0.05, 0.1) is 23.7 Å². The van der Waals surface area contributed by atoms with Crippen LogP contribution in [-0.2, 0) is 16.0 Å². The summed E-state index contributed by atoms with van der Waals surface area (Å²) >= 11 is 12.3. The minimum atomic E-state index is -0.766. The predicted molar refractivity (Wildman–Crippen MR) is 140 cm³/mol.